The second-order valence-corrected chi connectivity index (χ2v) is 8.49. The Morgan fingerprint density at radius 2 is 2.19 bits per heavy atom. The SMILES string of the molecule is CCCCNC(=O)C1N(CCO)C(=O)[C@@H]2[C@@H](C(=O)OCC)[C@@H]3OC12CC3Br. The van der Waals surface area contributed by atoms with Crippen LogP contribution < -0.4 is 5.32 Å². The van der Waals surface area contributed by atoms with Gasteiger partial charge in [0.15, 0.2) is 0 Å². The number of fused-ring (bicyclic) bond motifs is 1. The Balaban J connectivity index is 1.95. The third-order valence-corrected chi connectivity index (χ3v) is 6.61. The van der Waals surface area contributed by atoms with Gasteiger partial charge in [-0.3, -0.25) is 14.4 Å². The van der Waals surface area contributed by atoms with Crippen LogP contribution in [0.5, 0.6) is 0 Å². The van der Waals surface area contributed by atoms with Gasteiger partial charge in [0.05, 0.1) is 31.2 Å². The number of aliphatic hydroxyl groups is 1. The number of hydrogen-bond donors (Lipinski definition) is 2. The number of ether oxygens (including phenoxy) is 2. The maximum Gasteiger partial charge on any atom is 0.312 e. The molecular weight excluding hydrogens is 420 g/mol. The molecule has 3 saturated heterocycles. The van der Waals surface area contributed by atoms with Crippen molar-refractivity contribution in [3.05, 3.63) is 0 Å². The summed E-state index contributed by atoms with van der Waals surface area (Å²) in [6, 6.07) is -0.858. The van der Waals surface area contributed by atoms with Crippen LogP contribution in [-0.2, 0) is 23.9 Å². The smallest absolute Gasteiger partial charge is 0.312 e. The van der Waals surface area contributed by atoms with E-state index in [0.29, 0.717) is 13.0 Å². The average Bonchev–Trinajstić information content (AvgIpc) is 3.20. The molecule has 0 aliphatic carbocycles. The average molecular weight is 447 g/mol. The summed E-state index contributed by atoms with van der Waals surface area (Å²) in [5.41, 5.74) is -1.07. The van der Waals surface area contributed by atoms with Crippen molar-refractivity contribution in [1.29, 1.82) is 0 Å². The largest absolute Gasteiger partial charge is 0.466 e. The normalized spacial score (nSPS) is 36.8. The van der Waals surface area contributed by atoms with Crippen molar-refractivity contribution < 1.29 is 29.0 Å². The molecule has 1 spiro atoms. The molecule has 3 aliphatic heterocycles. The van der Waals surface area contributed by atoms with Gasteiger partial charge in [-0.2, -0.15) is 0 Å². The molecule has 0 aromatic carbocycles. The molecule has 3 fully saturated rings. The van der Waals surface area contributed by atoms with Gasteiger partial charge in [-0.1, -0.05) is 29.3 Å². The number of amides is 2. The van der Waals surface area contributed by atoms with Gasteiger partial charge in [-0.05, 0) is 19.8 Å². The van der Waals surface area contributed by atoms with Crippen molar-refractivity contribution in [2.75, 3.05) is 26.3 Å². The monoisotopic (exact) mass is 446 g/mol. The quantitative estimate of drug-likeness (QED) is 0.313. The van der Waals surface area contributed by atoms with E-state index in [9.17, 15) is 19.5 Å². The van der Waals surface area contributed by atoms with E-state index in [4.69, 9.17) is 9.47 Å². The summed E-state index contributed by atoms with van der Waals surface area (Å²) in [6.07, 6.45) is 1.72. The third-order valence-electron chi connectivity index (χ3n) is 5.77. The highest BCUT2D eigenvalue weighted by atomic mass is 79.9. The fraction of sp³-hybridized carbons (Fsp3) is 0.833. The zero-order valence-electron chi connectivity index (χ0n) is 15.7. The number of rotatable bonds is 8. The summed E-state index contributed by atoms with van der Waals surface area (Å²) >= 11 is 3.56. The number of nitrogens with zero attached hydrogens (tertiary/aromatic N) is 1. The van der Waals surface area contributed by atoms with Crippen LogP contribution in [0.25, 0.3) is 0 Å². The summed E-state index contributed by atoms with van der Waals surface area (Å²) in [5.74, 6) is -2.59. The van der Waals surface area contributed by atoms with Crippen LogP contribution in [-0.4, -0.2) is 76.7 Å². The van der Waals surface area contributed by atoms with Crippen molar-refractivity contribution in [2.45, 2.75) is 55.7 Å². The van der Waals surface area contributed by atoms with Crippen LogP contribution >= 0.6 is 15.9 Å². The van der Waals surface area contributed by atoms with Crippen molar-refractivity contribution in [3.8, 4) is 0 Å². The Bertz CT molecular complexity index is 617. The van der Waals surface area contributed by atoms with Crippen molar-refractivity contribution in [3.63, 3.8) is 0 Å². The van der Waals surface area contributed by atoms with E-state index in [1.807, 2.05) is 6.92 Å². The van der Waals surface area contributed by atoms with Gasteiger partial charge in [0.1, 0.15) is 11.6 Å². The van der Waals surface area contributed by atoms with Gasteiger partial charge < -0.3 is 24.8 Å². The number of aliphatic hydroxyl groups excluding tert-OH is 1. The number of halogens is 1. The number of nitrogens with one attached hydrogen (secondary N) is 1. The van der Waals surface area contributed by atoms with E-state index >= 15 is 0 Å². The first-order chi connectivity index (χ1) is 12.9. The van der Waals surface area contributed by atoms with Crippen molar-refractivity contribution in [1.82, 2.24) is 10.2 Å². The number of β-amino-alcohol motifs (C(OH)–C–C–N with tert-alkyl or cyclic N) is 1. The fourth-order valence-corrected chi connectivity index (χ4v) is 5.71. The standard InChI is InChI=1S/C18H27BrN2O6/c1-3-5-6-20-15(23)14-18-9-10(19)13(27-18)11(17(25)26-4-2)12(18)16(24)21(14)7-8-22/h10-14,22H,3-9H2,1-2H3,(H,20,23)/t10?,11-,12+,13-,14?,18?/m1/s1. The molecule has 2 N–H and O–H groups in total. The molecule has 0 aromatic rings. The minimum Gasteiger partial charge on any atom is -0.466 e. The molecule has 2 bridgehead atoms. The zero-order chi connectivity index (χ0) is 19.8. The van der Waals surface area contributed by atoms with Crippen LogP contribution in [0.4, 0.5) is 0 Å². The molecule has 3 heterocycles. The third kappa shape index (κ3) is 3.17. The second-order valence-electron chi connectivity index (χ2n) is 7.32. The lowest BCUT2D eigenvalue weighted by Crippen LogP contribution is -2.56. The Morgan fingerprint density at radius 1 is 1.44 bits per heavy atom. The molecule has 3 rings (SSSR count). The number of carbonyl (C=O) groups is 3. The van der Waals surface area contributed by atoms with Crippen molar-refractivity contribution in [2.24, 2.45) is 11.8 Å². The number of esters is 1. The summed E-state index contributed by atoms with van der Waals surface area (Å²) in [6.45, 7) is 4.23. The predicted octanol–water partition coefficient (Wildman–Crippen LogP) is 0.206. The minimum atomic E-state index is -1.07. The predicted molar refractivity (Wildman–Crippen MR) is 99.1 cm³/mol. The molecule has 152 valence electrons. The minimum absolute atomic E-state index is 0.0273. The van der Waals surface area contributed by atoms with Crippen LogP contribution in [0.2, 0.25) is 0 Å². The van der Waals surface area contributed by atoms with E-state index in [1.165, 1.54) is 4.90 Å². The number of likely N-dealkylation sites (tertiary alicyclic amines) is 1. The molecule has 2 amide bonds. The molecule has 27 heavy (non-hydrogen) atoms. The highest BCUT2D eigenvalue weighted by Gasteiger charge is 2.76. The Hall–Kier alpha value is -1.19. The van der Waals surface area contributed by atoms with Crippen LogP contribution in [0, 0.1) is 11.8 Å². The molecule has 3 unspecified atom stereocenters. The first kappa shape index (κ1) is 20.5. The topological polar surface area (TPSA) is 105 Å². The van der Waals surface area contributed by atoms with Crippen LogP contribution in [0.1, 0.15) is 33.1 Å². The Kier molecular flexibility index (Phi) is 6.12. The molecular formula is C18H27BrN2O6. The van der Waals surface area contributed by atoms with Crippen molar-refractivity contribution >= 4 is 33.7 Å². The Morgan fingerprint density at radius 3 is 2.81 bits per heavy atom. The molecule has 8 nitrogen and oxygen atoms in total. The summed E-state index contributed by atoms with van der Waals surface area (Å²) in [5, 5.41) is 12.3. The van der Waals surface area contributed by atoms with E-state index in [0.717, 1.165) is 12.8 Å². The summed E-state index contributed by atoms with van der Waals surface area (Å²) in [7, 11) is 0. The number of alkyl halides is 1. The molecule has 3 aliphatic rings. The van der Waals surface area contributed by atoms with Gasteiger partial charge in [0, 0.05) is 17.9 Å². The summed E-state index contributed by atoms with van der Waals surface area (Å²) < 4.78 is 11.4. The molecule has 9 heteroatoms. The lowest BCUT2D eigenvalue weighted by atomic mass is 9.70. The van der Waals surface area contributed by atoms with Crippen LogP contribution in [0.3, 0.4) is 0 Å². The zero-order valence-corrected chi connectivity index (χ0v) is 17.2. The van der Waals surface area contributed by atoms with Gasteiger partial charge in [0.25, 0.3) is 0 Å². The highest BCUT2D eigenvalue weighted by molar-refractivity contribution is 9.09. The lowest BCUT2D eigenvalue weighted by molar-refractivity contribution is -0.154. The molecule has 0 radical (unpaired) electrons. The van der Waals surface area contributed by atoms with E-state index in [1.54, 1.807) is 6.92 Å². The Labute approximate surface area is 167 Å². The maximum absolute atomic E-state index is 13.2. The molecule has 0 aromatic heterocycles. The van der Waals surface area contributed by atoms with Crippen LogP contribution in [0.15, 0.2) is 0 Å². The van der Waals surface area contributed by atoms with E-state index in [2.05, 4.69) is 21.2 Å². The number of carbonyl (C=O) groups excluding carboxylic acids is 3. The first-order valence-corrected chi connectivity index (χ1v) is 10.5. The summed E-state index contributed by atoms with van der Waals surface area (Å²) in [4.78, 5) is 40.0. The van der Waals surface area contributed by atoms with Gasteiger partial charge >= 0.3 is 5.97 Å². The number of unbranched alkanes of at least 4 members (excludes halogenated alkanes) is 1. The van der Waals surface area contributed by atoms with Gasteiger partial charge in [-0.15, -0.1) is 0 Å². The van der Waals surface area contributed by atoms with E-state index < -0.39 is 35.6 Å². The first-order valence-electron chi connectivity index (χ1n) is 9.60. The number of hydrogen-bond acceptors (Lipinski definition) is 6. The highest BCUT2D eigenvalue weighted by Crippen LogP contribution is 2.60. The second kappa shape index (κ2) is 8.05. The fourth-order valence-electron chi connectivity index (χ4n) is 4.77. The lowest BCUT2D eigenvalue weighted by Gasteiger charge is -2.33. The van der Waals surface area contributed by atoms with Gasteiger partial charge in [0.2, 0.25) is 11.8 Å². The van der Waals surface area contributed by atoms with Gasteiger partial charge in [-0.25, -0.2) is 0 Å². The maximum atomic E-state index is 13.2. The molecule has 6 atom stereocenters. The van der Waals surface area contributed by atoms with E-state index in [-0.39, 0.29) is 36.4 Å². The molecule has 0 saturated carbocycles.